The van der Waals surface area contributed by atoms with E-state index in [0.717, 1.165) is 32.3 Å². The molecular formula is C23H37N3O6. The summed E-state index contributed by atoms with van der Waals surface area (Å²) in [7, 11) is 1.65. The Morgan fingerprint density at radius 1 is 1.22 bits per heavy atom. The van der Waals surface area contributed by atoms with Crippen molar-refractivity contribution in [3.05, 3.63) is 11.8 Å². The van der Waals surface area contributed by atoms with Crippen LogP contribution < -0.4 is 5.32 Å². The Morgan fingerprint density at radius 2 is 2.00 bits per heavy atom. The van der Waals surface area contributed by atoms with E-state index in [1.165, 1.54) is 4.90 Å². The van der Waals surface area contributed by atoms with Gasteiger partial charge in [-0.25, -0.2) is 0 Å². The lowest BCUT2D eigenvalue weighted by atomic mass is 9.90. The van der Waals surface area contributed by atoms with Crippen LogP contribution in [-0.2, 0) is 29.2 Å². The largest absolute Gasteiger partial charge is 0.381 e. The molecule has 2 aliphatic heterocycles. The van der Waals surface area contributed by atoms with E-state index in [9.17, 15) is 9.59 Å². The van der Waals surface area contributed by atoms with E-state index in [4.69, 9.17) is 18.7 Å². The number of likely N-dealkylation sites (N-methyl/N-ethyl adjacent to an activating group) is 1. The van der Waals surface area contributed by atoms with E-state index < -0.39 is 11.0 Å². The third-order valence-corrected chi connectivity index (χ3v) is 6.46. The minimum absolute atomic E-state index is 0.0814. The van der Waals surface area contributed by atoms with Gasteiger partial charge in [0.15, 0.2) is 6.29 Å². The zero-order valence-corrected chi connectivity index (χ0v) is 19.9. The Balaban J connectivity index is 1.55. The summed E-state index contributed by atoms with van der Waals surface area (Å²) in [6, 6.07) is 1.71. The Hall–Kier alpha value is -1.97. The molecule has 0 radical (unpaired) electrons. The summed E-state index contributed by atoms with van der Waals surface area (Å²) in [6.45, 7) is 9.87. The van der Waals surface area contributed by atoms with Crippen LogP contribution in [0, 0.1) is 5.92 Å². The molecular weight excluding hydrogens is 414 g/mol. The molecule has 0 bridgehead atoms. The van der Waals surface area contributed by atoms with Crippen LogP contribution in [0.3, 0.4) is 0 Å². The fourth-order valence-electron chi connectivity index (χ4n) is 3.73. The highest BCUT2D eigenvalue weighted by atomic mass is 16.7. The normalized spacial score (nSPS) is 22.0. The number of hydrogen-bond donors (Lipinski definition) is 1. The minimum Gasteiger partial charge on any atom is -0.381 e. The standard InChI is InChI=1S/C23H37N3O6/c1-22(2,15-31-20-8-6-7-10-30-20)17-13-18(32-25-17)24-21(28)23(3,4)26(5)19(27)12-16-9-11-29-14-16/h13,16,20H,6-12,14-15H2,1-5H3,(H,24,28)/t16-,20?/m1/s1. The predicted molar refractivity (Wildman–Crippen MR) is 118 cm³/mol. The number of ether oxygens (including phenoxy) is 3. The molecule has 2 fully saturated rings. The van der Waals surface area contributed by atoms with E-state index >= 15 is 0 Å². The average Bonchev–Trinajstić information content (AvgIpc) is 3.45. The lowest BCUT2D eigenvalue weighted by Crippen LogP contribution is -2.53. The Kier molecular flexibility index (Phi) is 7.95. The second-order valence-electron chi connectivity index (χ2n) is 9.97. The smallest absolute Gasteiger partial charge is 0.252 e. The number of rotatable bonds is 9. The van der Waals surface area contributed by atoms with Gasteiger partial charge >= 0.3 is 0 Å². The van der Waals surface area contributed by atoms with Gasteiger partial charge in [-0.1, -0.05) is 19.0 Å². The fraction of sp³-hybridized carbons (Fsp3) is 0.783. The molecule has 1 aromatic rings. The van der Waals surface area contributed by atoms with Gasteiger partial charge in [-0.3, -0.25) is 14.9 Å². The van der Waals surface area contributed by atoms with E-state index in [-0.39, 0.29) is 29.9 Å². The van der Waals surface area contributed by atoms with Crippen LogP contribution in [0.15, 0.2) is 10.6 Å². The summed E-state index contributed by atoms with van der Waals surface area (Å²) in [6.07, 6.45) is 4.14. The second kappa shape index (κ2) is 10.3. The van der Waals surface area contributed by atoms with Gasteiger partial charge in [-0.2, -0.15) is 0 Å². The zero-order chi connectivity index (χ0) is 23.4. The van der Waals surface area contributed by atoms with Crippen LogP contribution in [0.1, 0.15) is 65.5 Å². The highest BCUT2D eigenvalue weighted by molar-refractivity contribution is 5.99. The first-order valence-corrected chi connectivity index (χ1v) is 11.5. The molecule has 2 amide bonds. The maximum Gasteiger partial charge on any atom is 0.252 e. The first-order valence-electron chi connectivity index (χ1n) is 11.5. The van der Waals surface area contributed by atoms with Crippen molar-refractivity contribution < 1.29 is 28.3 Å². The number of nitrogens with zero attached hydrogens (tertiary/aromatic N) is 2. The first kappa shape index (κ1) is 24.7. The van der Waals surface area contributed by atoms with Gasteiger partial charge in [-0.05, 0) is 45.4 Å². The molecule has 0 aliphatic carbocycles. The minimum atomic E-state index is -1.06. The molecule has 3 rings (SSSR count). The highest BCUT2D eigenvalue weighted by Crippen LogP contribution is 2.28. The summed E-state index contributed by atoms with van der Waals surface area (Å²) in [5.74, 6) is 0.0275. The predicted octanol–water partition coefficient (Wildman–Crippen LogP) is 3.10. The molecule has 9 heteroatoms. The van der Waals surface area contributed by atoms with Crippen LogP contribution in [0.4, 0.5) is 5.88 Å². The number of nitrogens with one attached hydrogen (secondary N) is 1. The van der Waals surface area contributed by atoms with E-state index in [1.807, 2.05) is 13.8 Å². The van der Waals surface area contributed by atoms with E-state index in [1.54, 1.807) is 27.0 Å². The lowest BCUT2D eigenvalue weighted by Gasteiger charge is -2.34. The Morgan fingerprint density at radius 3 is 2.66 bits per heavy atom. The van der Waals surface area contributed by atoms with E-state index in [2.05, 4.69) is 10.5 Å². The van der Waals surface area contributed by atoms with Crippen LogP contribution in [0.5, 0.6) is 0 Å². The maximum atomic E-state index is 12.9. The second-order valence-corrected chi connectivity index (χ2v) is 9.97. The number of amides is 2. The molecule has 2 atom stereocenters. The summed E-state index contributed by atoms with van der Waals surface area (Å²) in [5, 5.41) is 6.89. The molecule has 0 saturated carbocycles. The monoisotopic (exact) mass is 451 g/mol. The number of carbonyl (C=O) groups excluding carboxylic acids is 2. The van der Waals surface area contributed by atoms with Gasteiger partial charge in [0.05, 0.1) is 12.3 Å². The van der Waals surface area contributed by atoms with Gasteiger partial charge < -0.3 is 23.6 Å². The van der Waals surface area contributed by atoms with Gasteiger partial charge in [0.25, 0.3) is 5.91 Å². The topological polar surface area (TPSA) is 103 Å². The number of carbonyl (C=O) groups is 2. The molecule has 2 saturated heterocycles. The molecule has 180 valence electrons. The zero-order valence-electron chi connectivity index (χ0n) is 19.9. The molecule has 1 unspecified atom stereocenters. The highest BCUT2D eigenvalue weighted by Gasteiger charge is 2.37. The summed E-state index contributed by atoms with van der Waals surface area (Å²) in [5.41, 5.74) is -0.800. The van der Waals surface area contributed by atoms with Crippen molar-refractivity contribution in [3.8, 4) is 0 Å². The summed E-state index contributed by atoms with van der Waals surface area (Å²) >= 11 is 0. The fourth-order valence-corrected chi connectivity index (χ4v) is 3.73. The third-order valence-electron chi connectivity index (χ3n) is 6.46. The SMILES string of the molecule is CN(C(=O)C[C@H]1CCOC1)C(C)(C)C(=O)Nc1cc(C(C)(C)COC2CCCCO2)no1. The van der Waals surface area contributed by atoms with Crippen LogP contribution in [-0.4, -0.2) is 67.2 Å². The van der Waals surface area contributed by atoms with Crippen molar-refractivity contribution in [2.24, 2.45) is 5.92 Å². The van der Waals surface area contributed by atoms with Crippen LogP contribution in [0.2, 0.25) is 0 Å². The van der Waals surface area contributed by atoms with Gasteiger partial charge in [0, 0.05) is 44.8 Å². The lowest BCUT2D eigenvalue weighted by molar-refractivity contribution is -0.170. The molecule has 32 heavy (non-hydrogen) atoms. The molecule has 0 aromatic carbocycles. The van der Waals surface area contributed by atoms with Crippen molar-refractivity contribution in [1.29, 1.82) is 0 Å². The van der Waals surface area contributed by atoms with Crippen molar-refractivity contribution in [2.75, 3.05) is 38.8 Å². The molecule has 1 aromatic heterocycles. The first-order chi connectivity index (χ1) is 15.1. The van der Waals surface area contributed by atoms with Crippen molar-refractivity contribution >= 4 is 17.7 Å². The van der Waals surface area contributed by atoms with Crippen LogP contribution in [0.25, 0.3) is 0 Å². The average molecular weight is 452 g/mol. The van der Waals surface area contributed by atoms with Crippen molar-refractivity contribution in [1.82, 2.24) is 10.1 Å². The molecule has 1 N–H and O–H groups in total. The third kappa shape index (κ3) is 6.08. The van der Waals surface area contributed by atoms with Gasteiger partial charge in [-0.15, -0.1) is 0 Å². The van der Waals surface area contributed by atoms with Crippen molar-refractivity contribution in [2.45, 2.75) is 77.0 Å². The Labute approximate surface area is 190 Å². The summed E-state index contributed by atoms with van der Waals surface area (Å²) in [4.78, 5) is 27.1. The molecule has 9 nitrogen and oxygen atoms in total. The Bertz CT molecular complexity index is 778. The summed E-state index contributed by atoms with van der Waals surface area (Å²) < 4.78 is 22.3. The quantitative estimate of drug-likeness (QED) is 0.615. The van der Waals surface area contributed by atoms with Crippen molar-refractivity contribution in [3.63, 3.8) is 0 Å². The van der Waals surface area contributed by atoms with E-state index in [0.29, 0.717) is 31.9 Å². The van der Waals surface area contributed by atoms with Crippen LogP contribution >= 0.6 is 0 Å². The number of aromatic nitrogens is 1. The van der Waals surface area contributed by atoms with Gasteiger partial charge in [0.2, 0.25) is 11.8 Å². The maximum absolute atomic E-state index is 12.9. The number of hydrogen-bond acceptors (Lipinski definition) is 7. The van der Waals surface area contributed by atoms with Gasteiger partial charge in [0.1, 0.15) is 5.54 Å². The molecule has 3 heterocycles. The molecule has 2 aliphatic rings. The number of anilines is 1. The molecule has 0 spiro atoms.